The molecule has 4 rings (SSSR count). The molecule has 0 bridgehead atoms. The summed E-state index contributed by atoms with van der Waals surface area (Å²) < 4.78 is 37.3. The van der Waals surface area contributed by atoms with Crippen LogP contribution >= 0.6 is 0 Å². The zero-order valence-corrected chi connectivity index (χ0v) is 17.8. The molecule has 0 saturated carbocycles. The number of ether oxygens (including phenoxy) is 1. The fourth-order valence-corrected chi connectivity index (χ4v) is 4.84. The zero-order valence-electron chi connectivity index (χ0n) is 16.9. The van der Waals surface area contributed by atoms with Gasteiger partial charge < -0.3 is 14.6 Å². The highest BCUT2D eigenvalue weighted by Crippen LogP contribution is 2.23. The Bertz CT molecular complexity index is 1170. The standard InChI is InChI=1S/C21H22N4O5S/c1-15-22-21(24-30-15)16-7-9-18(10-8-16)29-14-20(26)23-17-5-4-6-19(13-17)31(27,28)25-11-2-3-12-25/h4-10,13H,2-3,11-12,14H2,1H3,(H,23,26). The van der Waals surface area contributed by atoms with E-state index in [9.17, 15) is 13.2 Å². The maximum Gasteiger partial charge on any atom is 0.262 e. The summed E-state index contributed by atoms with van der Waals surface area (Å²) in [6, 6.07) is 13.2. The van der Waals surface area contributed by atoms with Crippen LogP contribution < -0.4 is 10.1 Å². The van der Waals surface area contributed by atoms with Crippen LogP contribution in [0.5, 0.6) is 5.75 Å². The third-order valence-corrected chi connectivity index (χ3v) is 6.73. The molecule has 0 spiro atoms. The third kappa shape index (κ3) is 4.92. The van der Waals surface area contributed by atoms with Gasteiger partial charge in [0.25, 0.3) is 5.91 Å². The van der Waals surface area contributed by atoms with Crippen LogP contribution in [-0.4, -0.2) is 48.5 Å². The van der Waals surface area contributed by atoms with E-state index in [0.717, 1.165) is 18.4 Å². The fraction of sp³-hybridized carbons (Fsp3) is 0.286. The van der Waals surface area contributed by atoms with Crippen molar-refractivity contribution in [1.29, 1.82) is 0 Å². The van der Waals surface area contributed by atoms with Crippen LogP contribution in [0.1, 0.15) is 18.7 Å². The molecule has 3 aromatic rings. The largest absolute Gasteiger partial charge is 0.484 e. The minimum absolute atomic E-state index is 0.167. The number of hydrogen-bond donors (Lipinski definition) is 1. The molecule has 31 heavy (non-hydrogen) atoms. The Morgan fingerprint density at radius 2 is 1.90 bits per heavy atom. The van der Waals surface area contributed by atoms with E-state index in [1.807, 2.05) is 0 Å². The molecule has 2 aromatic carbocycles. The van der Waals surface area contributed by atoms with Gasteiger partial charge in [0.05, 0.1) is 4.90 Å². The van der Waals surface area contributed by atoms with Crippen molar-refractivity contribution in [2.75, 3.05) is 25.0 Å². The first kappa shape index (κ1) is 21.0. The summed E-state index contributed by atoms with van der Waals surface area (Å²) in [5, 5.41) is 6.53. The van der Waals surface area contributed by atoms with Gasteiger partial charge in [-0.1, -0.05) is 11.2 Å². The van der Waals surface area contributed by atoms with Gasteiger partial charge in [-0.3, -0.25) is 4.79 Å². The van der Waals surface area contributed by atoms with Crippen molar-refractivity contribution in [2.45, 2.75) is 24.7 Å². The molecule has 0 radical (unpaired) electrons. The molecule has 1 aromatic heterocycles. The second-order valence-electron chi connectivity index (χ2n) is 7.14. The number of amides is 1. The predicted molar refractivity (Wildman–Crippen MR) is 113 cm³/mol. The maximum absolute atomic E-state index is 12.7. The van der Waals surface area contributed by atoms with Gasteiger partial charge in [0, 0.05) is 31.3 Å². The summed E-state index contributed by atoms with van der Waals surface area (Å²) in [7, 11) is -3.54. The summed E-state index contributed by atoms with van der Waals surface area (Å²) in [6.07, 6.45) is 1.73. The Morgan fingerprint density at radius 3 is 2.58 bits per heavy atom. The Balaban J connectivity index is 1.35. The van der Waals surface area contributed by atoms with Crippen LogP contribution in [0.3, 0.4) is 0 Å². The van der Waals surface area contributed by atoms with Gasteiger partial charge in [-0.2, -0.15) is 9.29 Å². The summed E-state index contributed by atoms with van der Waals surface area (Å²) >= 11 is 0. The van der Waals surface area contributed by atoms with E-state index in [4.69, 9.17) is 9.26 Å². The van der Waals surface area contributed by atoms with E-state index in [1.54, 1.807) is 43.3 Å². The molecule has 1 fully saturated rings. The van der Waals surface area contributed by atoms with Crippen LogP contribution in [-0.2, 0) is 14.8 Å². The van der Waals surface area contributed by atoms with Gasteiger partial charge in [0.2, 0.25) is 21.7 Å². The van der Waals surface area contributed by atoms with Gasteiger partial charge >= 0.3 is 0 Å². The van der Waals surface area contributed by atoms with Crippen molar-refractivity contribution < 1.29 is 22.5 Å². The average Bonchev–Trinajstić information content (AvgIpc) is 3.45. The first-order valence-electron chi connectivity index (χ1n) is 9.85. The number of carbonyl (C=O) groups excluding carboxylic acids is 1. The summed E-state index contributed by atoms with van der Waals surface area (Å²) in [5.41, 5.74) is 1.17. The number of rotatable bonds is 7. The number of aryl methyl sites for hydroxylation is 1. The van der Waals surface area contributed by atoms with Crippen LogP contribution in [0.25, 0.3) is 11.4 Å². The zero-order chi connectivity index (χ0) is 21.8. The number of nitrogens with zero attached hydrogens (tertiary/aromatic N) is 3. The molecule has 2 heterocycles. The topological polar surface area (TPSA) is 115 Å². The van der Waals surface area contributed by atoms with Crippen LogP contribution in [0.2, 0.25) is 0 Å². The fourth-order valence-electron chi connectivity index (χ4n) is 3.27. The number of benzene rings is 2. The van der Waals surface area contributed by atoms with Crippen LogP contribution in [0.4, 0.5) is 5.69 Å². The molecular formula is C21H22N4O5S. The van der Waals surface area contributed by atoms with E-state index in [0.29, 0.717) is 36.2 Å². The van der Waals surface area contributed by atoms with Crippen molar-refractivity contribution >= 4 is 21.6 Å². The number of carbonyl (C=O) groups is 1. The Labute approximate surface area is 180 Å². The number of aromatic nitrogens is 2. The van der Waals surface area contributed by atoms with E-state index >= 15 is 0 Å². The Morgan fingerprint density at radius 1 is 1.16 bits per heavy atom. The van der Waals surface area contributed by atoms with Crippen LogP contribution in [0.15, 0.2) is 57.9 Å². The van der Waals surface area contributed by atoms with Gasteiger partial charge in [0.1, 0.15) is 5.75 Å². The summed E-state index contributed by atoms with van der Waals surface area (Å²) in [5.74, 6) is 1.06. The average molecular weight is 442 g/mol. The van der Waals surface area contributed by atoms with E-state index in [1.165, 1.54) is 16.4 Å². The normalized spacial score (nSPS) is 14.5. The lowest BCUT2D eigenvalue weighted by molar-refractivity contribution is -0.118. The van der Waals surface area contributed by atoms with Crippen LogP contribution in [0, 0.1) is 6.92 Å². The van der Waals surface area contributed by atoms with Crippen molar-refractivity contribution in [1.82, 2.24) is 14.4 Å². The monoisotopic (exact) mass is 442 g/mol. The van der Waals surface area contributed by atoms with Gasteiger partial charge in [-0.05, 0) is 55.3 Å². The minimum Gasteiger partial charge on any atom is -0.484 e. The molecular weight excluding hydrogens is 420 g/mol. The molecule has 1 N–H and O–H groups in total. The third-order valence-electron chi connectivity index (χ3n) is 4.83. The van der Waals surface area contributed by atoms with Crippen molar-refractivity contribution in [3.63, 3.8) is 0 Å². The highest BCUT2D eigenvalue weighted by atomic mass is 32.2. The van der Waals surface area contributed by atoms with E-state index in [-0.39, 0.29) is 11.5 Å². The molecule has 1 amide bonds. The Kier molecular flexibility index (Phi) is 6.01. The van der Waals surface area contributed by atoms with Crippen molar-refractivity contribution in [3.8, 4) is 17.1 Å². The molecule has 0 atom stereocenters. The molecule has 162 valence electrons. The number of sulfonamides is 1. The quantitative estimate of drug-likeness (QED) is 0.598. The number of hydrogen-bond acceptors (Lipinski definition) is 7. The SMILES string of the molecule is Cc1nc(-c2ccc(OCC(=O)Nc3cccc(S(=O)(=O)N4CCCC4)c3)cc2)no1. The summed E-state index contributed by atoms with van der Waals surface area (Å²) in [6.45, 7) is 2.55. The second-order valence-corrected chi connectivity index (χ2v) is 9.08. The van der Waals surface area contributed by atoms with Crippen molar-refractivity contribution in [2.24, 2.45) is 0 Å². The first-order chi connectivity index (χ1) is 14.9. The lowest BCUT2D eigenvalue weighted by atomic mass is 10.2. The smallest absolute Gasteiger partial charge is 0.262 e. The molecule has 1 saturated heterocycles. The molecule has 1 aliphatic rings. The molecule has 1 aliphatic heterocycles. The highest BCUT2D eigenvalue weighted by molar-refractivity contribution is 7.89. The molecule has 9 nitrogen and oxygen atoms in total. The van der Waals surface area contributed by atoms with Gasteiger partial charge in [-0.15, -0.1) is 0 Å². The predicted octanol–water partition coefficient (Wildman–Crippen LogP) is 2.85. The minimum atomic E-state index is -3.54. The lowest BCUT2D eigenvalue weighted by Crippen LogP contribution is -2.28. The summed E-state index contributed by atoms with van der Waals surface area (Å²) in [4.78, 5) is 16.6. The second kappa shape index (κ2) is 8.86. The Hall–Kier alpha value is -3.24. The number of anilines is 1. The van der Waals surface area contributed by atoms with Gasteiger partial charge in [0.15, 0.2) is 6.61 Å². The van der Waals surface area contributed by atoms with E-state index in [2.05, 4.69) is 15.5 Å². The lowest BCUT2D eigenvalue weighted by Gasteiger charge is -2.16. The molecule has 10 heteroatoms. The molecule has 0 unspecified atom stereocenters. The highest BCUT2D eigenvalue weighted by Gasteiger charge is 2.27. The van der Waals surface area contributed by atoms with Gasteiger partial charge in [-0.25, -0.2) is 8.42 Å². The molecule has 0 aliphatic carbocycles. The first-order valence-corrected chi connectivity index (χ1v) is 11.3. The van der Waals surface area contributed by atoms with E-state index < -0.39 is 15.9 Å². The number of nitrogens with one attached hydrogen (secondary N) is 1. The maximum atomic E-state index is 12.7. The van der Waals surface area contributed by atoms with Crippen molar-refractivity contribution in [3.05, 3.63) is 54.4 Å².